The molecule has 66 valence electrons. The van der Waals surface area contributed by atoms with Crippen LogP contribution < -0.4 is 5.32 Å². The first-order chi connectivity index (χ1) is 5.54. The lowest BCUT2D eigenvalue weighted by Crippen LogP contribution is -2.14. The highest BCUT2D eigenvalue weighted by atomic mass is 15.0. The van der Waals surface area contributed by atoms with E-state index in [0.717, 1.165) is 11.5 Å². The number of aromatic nitrogens is 2. The van der Waals surface area contributed by atoms with Gasteiger partial charge in [-0.25, -0.2) is 4.98 Å². The predicted molar refractivity (Wildman–Crippen MR) is 50.3 cm³/mol. The van der Waals surface area contributed by atoms with Gasteiger partial charge in [0, 0.05) is 18.7 Å². The molecular formula is C9H15N3. The van der Waals surface area contributed by atoms with Gasteiger partial charge in [-0.2, -0.15) is 0 Å². The van der Waals surface area contributed by atoms with E-state index < -0.39 is 0 Å². The topological polar surface area (TPSA) is 37.8 Å². The van der Waals surface area contributed by atoms with Crippen molar-refractivity contribution in [1.29, 1.82) is 0 Å². The highest BCUT2D eigenvalue weighted by Gasteiger charge is 2.15. The minimum absolute atomic E-state index is 0.0693. The van der Waals surface area contributed by atoms with Crippen LogP contribution in [-0.4, -0.2) is 17.0 Å². The standard InChI is InChI=1S/C9H15N3/c1-9(2,3)7-5-11-6-8(10-4)12-7/h5-6H,1-4H3,(H,10,12). The number of hydrogen-bond acceptors (Lipinski definition) is 3. The molecule has 1 aromatic rings. The summed E-state index contributed by atoms with van der Waals surface area (Å²) in [7, 11) is 1.84. The first-order valence-corrected chi connectivity index (χ1v) is 4.04. The summed E-state index contributed by atoms with van der Waals surface area (Å²) in [6.07, 6.45) is 3.52. The predicted octanol–water partition coefficient (Wildman–Crippen LogP) is 1.82. The van der Waals surface area contributed by atoms with E-state index >= 15 is 0 Å². The van der Waals surface area contributed by atoms with Gasteiger partial charge >= 0.3 is 0 Å². The van der Waals surface area contributed by atoms with Gasteiger partial charge in [0.15, 0.2) is 0 Å². The molecular weight excluding hydrogens is 150 g/mol. The maximum absolute atomic E-state index is 4.39. The molecule has 0 atom stereocenters. The van der Waals surface area contributed by atoms with Crippen LogP contribution in [0.2, 0.25) is 0 Å². The SMILES string of the molecule is CNc1cncc(C(C)(C)C)n1. The lowest BCUT2D eigenvalue weighted by Gasteiger charge is -2.17. The Bertz CT molecular complexity index is 263. The maximum Gasteiger partial charge on any atom is 0.144 e. The molecule has 0 aliphatic rings. The summed E-state index contributed by atoms with van der Waals surface area (Å²) in [5.41, 5.74) is 1.08. The molecule has 0 fully saturated rings. The lowest BCUT2D eigenvalue weighted by molar-refractivity contribution is 0.566. The van der Waals surface area contributed by atoms with Crippen LogP contribution in [0.15, 0.2) is 12.4 Å². The highest BCUT2D eigenvalue weighted by Crippen LogP contribution is 2.19. The van der Waals surface area contributed by atoms with E-state index in [9.17, 15) is 0 Å². The fourth-order valence-electron chi connectivity index (χ4n) is 0.848. The average Bonchev–Trinajstić information content (AvgIpc) is 2.03. The Balaban J connectivity index is 3.02. The molecule has 0 radical (unpaired) electrons. The van der Waals surface area contributed by atoms with Crippen LogP contribution in [0, 0.1) is 0 Å². The molecule has 1 N–H and O–H groups in total. The van der Waals surface area contributed by atoms with Crippen molar-refractivity contribution in [2.45, 2.75) is 26.2 Å². The fourth-order valence-corrected chi connectivity index (χ4v) is 0.848. The molecule has 0 bridgehead atoms. The van der Waals surface area contributed by atoms with E-state index in [1.54, 1.807) is 12.4 Å². The molecule has 1 heterocycles. The fraction of sp³-hybridized carbons (Fsp3) is 0.556. The first-order valence-electron chi connectivity index (χ1n) is 4.04. The van der Waals surface area contributed by atoms with Crippen molar-refractivity contribution < 1.29 is 0 Å². The number of hydrogen-bond donors (Lipinski definition) is 1. The van der Waals surface area contributed by atoms with Crippen molar-refractivity contribution in [2.24, 2.45) is 0 Å². The van der Waals surface area contributed by atoms with Crippen molar-refractivity contribution in [3.63, 3.8) is 0 Å². The zero-order valence-electron chi connectivity index (χ0n) is 8.05. The lowest BCUT2D eigenvalue weighted by atomic mass is 9.93. The van der Waals surface area contributed by atoms with Gasteiger partial charge in [-0.15, -0.1) is 0 Å². The molecule has 0 aromatic carbocycles. The molecule has 12 heavy (non-hydrogen) atoms. The average molecular weight is 165 g/mol. The Morgan fingerprint density at radius 3 is 2.42 bits per heavy atom. The monoisotopic (exact) mass is 165 g/mol. The number of anilines is 1. The third kappa shape index (κ3) is 1.94. The van der Waals surface area contributed by atoms with E-state index in [1.165, 1.54) is 0 Å². The van der Waals surface area contributed by atoms with E-state index in [1.807, 2.05) is 7.05 Å². The van der Waals surface area contributed by atoms with E-state index in [-0.39, 0.29) is 5.41 Å². The maximum atomic E-state index is 4.39. The van der Waals surface area contributed by atoms with Crippen molar-refractivity contribution in [3.8, 4) is 0 Å². The summed E-state index contributed by atoms with van der Waals surface area (Å²) in [6.45, 7) is 6.36. The molecule has 0 aliphatic carbocycles. The molecule has 1 rings (SSSR count). The van der Waals surface area contributed by atoms with Crippen LogP contribution in [0.5, 0.6) is 0 Å². The minimum Gasteiger partial charge on any atom is -0.372 e. The van der Waals surface area contributed by atoms with Crippen molar-refractivity contribution in [2.75, 3.05) is 12.4 Å². The smallest absolute Gasteiger partial charge is 0.144 e. The second-order valence-electron chi connectivity index (χ2n) is 3.79. The van der Waals surface area contributed by atoms with Crippen LogP contribution in [0.25, 0.3) is 0 Å². The van der Waals surface area contributed by atoms with Crippen LogP contribution in [0.4, 0.5) is 5.82 Å². The molecule has 0 aliphatic heterocycles. The summed E-state index contributed by atoms with van der Waals surface area (Å²) < 4.78 is 0. The van der Waals surface area contributed by atoms with E-state index in [2.05, 4.69) is 36.1 Å². The van der Waals surface area contributed by atoms with Crippen LogP contribution in [0.3, 0.4) is 0 Å². The third-order valence-electron chi connectivity index (χ3n) is 1.66. The van der Waals surface area contributed by atoms with Gasteiger partial charge in [0.25, 0.3) is 0 Å². The number of rotatable bonds is 1. The molecule has 0 unspecified atom stereocenters. The number of nitrogens with one attached hydrogen (secondary N) is 1. The molecule has 3 nitrogen and oxygen atoms in total. The Morgan fingerprint density at radius 1 is 1.25 bits per heavy atom. The highest BCUT2D eigenvalue weighted by molar-refractivity contribution is 5.31. The van der Waals surface area contributed by atoms with Gasteiger partial charge < -0.3 is 5.32 Å². The molecule has 0 amide bonds. The van der Waals surface area contributed by atoms with E-state index in [0.29, 0.717) is 0 Å². The first kappa shape index (κ1) is 8.97. The van der Waals surface area contributed by atoms with Gasteiger partial charge in [-0.1, -0.05) is 20.8 Å². The molecule has 1 aromatic heterocycles. The number of nitrogens with zero attached hydrogens (tertiary/aromatic N) is 2. The molecule has 3 heteroatoms. The minimum atomic E-state index is 0.0693. The summed E-state index contributed by atoms with van der Waals surface area (Å²) in [6, 6.07) is 0. The summed E-state index contributed by atoms with van der Waals surface area (Å²) in [5.74, 6) is 0.822. The van der Waals surface area contributed by atoms with E-state index in [4.69, 9.17) is 0 Å². The Labute approximate surface area is 73.2 Å². The van der Waals surface area contributed by atoms with Crippen molar-refractivity contribution >= 4 is 5.82 Å². The van der Waals surface area contributed by atoms with Crippen LogP contribution >= 0.6 is 0 Å². The quantitative estimate of drug-likeness (QED) is 0.689. The van der Waals surface area contributed by atoms with Gasteiger partial charge in [0.1, 0.15) is 5.82 Å². The zero-order chi connectivity index (χ0) is 9.19. The summed E-state index contributed by atoms with van der Waals surface area (Å²) in [5, 5.41) is 2.97. The summed E-state index contributed by atoms with van der Waals surface area (Å²) >= 11 is 0. The third-order valence-corrected chi connectivity index (χ3v) is 1.66. The Morgan fingerprint density at radius 2 is 1.92 bits per heavy atom. The molecule has 0 saturated heterocycles. The van der Waals surface area contributed by atoms with Gasteiger partial charge in [0.05, 0.1) is 11.9 Å². The summed E-state index contributed by atoms with van der Waals surface area (Å²) in [4.78, 5) is 8.49. The second-order valence-corrected chi connectivity index (χ2v) is 3.79. The Hall–Kier alpha value is -1.12. The second kappa shape index (κ2) is 3.09. The molecule has 0 spiro atoms. The van der Waals surface area contributed by atoms with Gasteiger partial charge in [-0.3, -0.25) is 4.98 Å². The molecule has 0 saturated carbocycles. The van der Waals surface area contributed by atoms with Gasteiger partial charge in [-0.05, 0) is 0 Å². The van der Waals surface area contributed by atoms with Crippen LogP contribution in [0.1, 0.15) is 26.5 Å². The Kier molecular flexibility index (Phi) is 2.31. The van der Waals surface area contributed by atoms with Crippen LogP contribution in [-0.2, 0) is 5.41 Å². The normalized spacial score (nSPS) is 11.3. The van der Waals surface area contributed by atoms with Crippen molar-refractivity contribution in [1.82, 2.24) is 9.97 Å². The largest absolute Gasteiger partial charge is 0.372 e. The van der Waals surface area contributed by atoms with Gasteiger partial charge in [0.2, 0.25) is 0 Å². The zero-order valence-corrected chi connectivity index (χ0v) is 8.05. The van der Waals surface area contributed by atoms with Crippen molar-refractivity contribution in [3.05, 3.63) is 18.1 Å².